The smallest absolute Gasteiger partial charge is 0.340 e. The van der Waals surface area contributed by atoms with Gasteiger partial charge < -0.3 is 15.4 Å². The summed E-state index contributed by atoms with van der Waals surface area (Å²) in [7, 11) is 0. The van der Waals surface area contributed by atoms with E-state index >= 15 is 0 Å². The van der Waals surface area contributed by atoms with Crippen molar-refractivity contribution in [2.45, 2.75) is 24.8 Å². The number of esters is 1. The highest BCUT2D eigenvalue weighted by molar-refractivity contribution is 7.98. The van der Waals surface area contributed by atoms with Crippen LogP contribution in [0.1, 0.15) is 24.2 Å². The van der Waals surface area contributed by atoms with Gasteiger partial charge in [0.2, 0.25) is 5.91 Å². The summed E-state index contributed by atoms with van der Waals surface area (Å²) in [6.45, 7) is 2.93. The fraction of sp³-hybridized carbons (Fsp3) is 0.211. The number of carbonyl (C=O) groups is 3. The fourth-order valence-corrected chi connectivity index (χ4v) is 2.76. The molecule has 2 N–H and O–H groups in total. The van der Waals surface area contributed by atoms with Crippen molar-refractivity contribution in [2.75, 3.05) is 16.9 Å². The molecule has 0 aliphatic carbocycles. The number of rotatable bonds is 6. The van der Waals surface area contributed by atoms with Crippen LogP contribution in [0.4, 0.5) is 11.4 Å². The molecule has 0 aliphatic heterocycles. The Balaban J connectivity index is 1.96. The number of benzene rings is 2. The number of carbonyl (C=O) groups excluding carboxylic acids is 3. The number of anilines is 2. The zero-order valence-corrected chi connectivity index (χ0v) is 15.6. The minimum atomic E-state index is -0.951. The van der Waals surface area contributed by atoms with Gasteiger partial charge in [0, 0.05) is 23.2 Å². The van der Waals surface area contributed by atoms with E-state index in [1.54, 1.807) is 36.4 Å². The minimum Gasteiger partial charge on any atom is -0.449 e. The molecule has 2 aromatic carbocycles. The predicted octanol–water partition coefficient (Wildman–Crippen LogP) is 3.55. The molecule has 0 saturated carbocycles. The summed E-state index contributed by atoms with van der Waals surface area (Å²) in [4.78, 5) is 36.3. The second kappa shape index (κ2) is 9.05. The van der Waals surface area contributed by atoms with Crippen molar-refractivity contribution >= 4 is 40.9 Å². The zero-order valence-electron chi connectivity index (χ0n) is 14.7. The third kappa shape index (κ3) is 5.35. The molecule has 0 heterocycles. The Morgan fingerprint density at radius 1 is 0.962 bits per heavy atom. The van der Waals surface area contributed by atoms with Crippen LogP contribution in [0.3, 0.4) is 0 Å². The van der Waals surface area contributed by atoms with Crippen molar-refractivity contribution in [1.29, 1.82) is 0 Å². The number of ether oxygens (including phenoxy) is 1. The van der Waals surface area contributed by atoms with Gasteiger partial charge in [-0.1, -0.05) is 12.1 Å². The topological polar surface area (TPSA) is 84.5 Å². The Labute approximate surface area is 156 Å². The van der Waals surface area contributed by atoms with Crippen molar-refractivity contribution in [1.82, 2.24) is 0 Å². The monoisotopic (exact) mass is 372 g/mol. The molecular formula is C19H20N2O4S. The molecule has 7 heteroatoms. The quantitative estimate of drug-likeness (QED) is 0.598. The number of hydrogen-bond acceptors (Lipinski definition) is 5. The summed E-state index contributed by atoms with van der Waals surface area (Å²) in [6, 6.07) is 13.7. The number of hydrogen-bond donors (Lipinski definition) is 2. The molecule has 2 aromatic rings. The highest BCUT2D eigenvalue weighted by Crippen LogP contribution is 2.21. The lowest BCUT2D eigenvalue weighted by molar-refractivity contribution is -0.123. The van der Waals surface area contributed by atoms with Gasteiger partial charge in [0.15, 0.2) is 6.10 Å². The Morgan fingerprint density at radius 3 is 2.12 bits per heavy atom. The molecule has 26 heavy (non-hydrogen) atoms. The molecule has 0 aliphatic rings. The molecule has 0 bridgehead atoms. The van der Waals surface area contributed by atoms with Gasteiger partial charge >= 0.3 is 5.97 Å². The van der Waals surface area contributed by atoms with Gasteiger partial charge in [-0.3, -0.25) is 9.59 Å². The Morgan fingerprint density at radius 2 is 1.54 bits per heavy atom. The molecule has 0 aromatic heterocycles. The lowest BCUT2D eigenvalue weighted by Gasteiger charge is -2.15. The normalized spacial score (nSPS) is 11.3. The van der Waals surface area contributed by atoms with E-state index in [9.17, 15) is 14.4 Å². The van der Waals surface area contributed by atoms with E-state index < -0.39 is 18.0 Å². The molecule has 136 valence electrons. The van der Waals surface area contributed by atoms with Gasteiger partial charge in [-0.05, 0) is 49.6 Å². The van der Waals surface area contributed by atoms with Gasteiger partial charge in [-0.25, -0.2) is 4.79 Å². The average molecular weight is 372 g/mol. The molecule has 0 saturated heterocycles. The molecule has 2 amide bonds. The van der Waals surface area contributed by atoms with E-state index in [1.807, 2.05) is 18.4 Å². The standard InChI is InChI=1S/C19H20N2O4S/c1-12(25-19(24)16-6-4-5-7-17(16)26-3)18(23)21-15-10-8-14(9-11-15)20-13(2)22/h4-12H,1-3H3,(H,20,22)(H,21,23)/t12-/m0/s1. The maximum absolute atomic E-state index is 12.3. The second-order valence-corrected chi connectivity index (χ2v) is 6.34. The van der Waals surface area contributed by atoms with Crippen molar-refractivity contribution in [2.24, 2.45) is 0 Å². The summed E-state index contributed by atoms with van der Waals surface area (Å²) in [5.41, 5.74) is 1.60. The average Bonchev–Trinajstić information content (AvgIpc) is 2.62. The first-order valence-corrected chi connectivity index (χ1v) is 9.15. The Bertz CT molecular complexity index is 805. The van der Waals surface area contributed by atoms with Crippen LogP contribution >= 0.6 is 11.8 Å². The van der Waals surface area contributed by atoms with Crippen molar-refractivity contribution in [3.05, 3.63) is 54.1 Å². The third-order valence-electron chi connectivity index (χ3n) is 3.45. The van der Waals surface area contributed by atoms with Crippen molar-refractivity contribution in [3.8, 4) is 0 Å². The number of nitrogens with one attached hydrogen (secondary N) is 2. The molecule has 0 spiro atoms. The summed E-state index contributed by atoms with van der Waals surface area (Å²) in [5.74, 6) is -1.15. The molecular weight excluding hydrogens is 352 g/mol. The van der Waals surface area contributed by atoms with Gasteiger partial charge in [-0.15, -0.1) is 11.8 Å². The second-order valence-electron chi connectivity index (χ2n) is 5.50. The van der Waals surface area contributed by atoms with Gasteiger partial charge in [0.25, 0.3) is 5.91 Å². The summed E-state index contributed by atoms with van der Waals surface area (Å²) in [5, 5.41) is 5.31. The largest absolute Gasteiger partial charge is 0.449 e. The lowest BCUT2D eigenvalue weighted by Crippen LogP contribution is -2.30. The highest BCUT2D eigenvalue weighted by Gasteiger charge is 2.20. The highest BCUT2D eigenvalue weighted by atomic mass is 32.2. The Kier molecular flexibility index (Phi) is 6.80. The van der Waals surface area contributed by atoms with Gasteiger partial charge in [0.05, 0.1) is 5.56 Å². The molecule has 0 radical (unpaired) electrons. The SMILES string of the molecule is CSc1ccccc1C(=O)O[C@@H](C)C(=O)Nc1ccc(NC(C)=O)cc1. The minimum absolute atomic E-state index is 0.173. The maximum atomic E-state index is 12.3. The summed E-state index contributed by atoms with van der Waals surface area (Å²) >= 11 is 1.44. The molecule has 2 rings (SSSR count). The van der Waals surface area contributed by atoms with Crippen LogP contribution in [0.15, 0.2) is 53.4 Å². The van der Waals surface area contributed by atoms with Crippen LogP contribution in [0.5, 0.6) is 0 Å². The van der Waals surface area contributed by atoms with Gasteiger partial charge in [0.1, 0.15) is 0 Å². The van der Waals surface area contributed by atoms with Crippen LogP contribution < -0.4 is 10.6 Å². The molecule has 1 atom stereocenters. The molecule has 0 fully saturated rings. The van der Waals surface area contributed by atoms with E-state index in [1.165, 1.54) is 25.6 Å². The van der Waals surface area contributed by atoms with Crippen molar-refractivity contribution in [3.63, 3.8) is 0 Å². The summed E-state index contributed by atoms with van der Waals surface area (Å²) in [6.07, 6.45) is 0.916. The molecule has 0 unspecified atom stereocenters. The van der Waals surface area contributed by atoms with Crippen LogP contribution in [0.25, 0.3) is 0 Å². The van der Waals surface area contributed by atoms with Crippen LogP contribution in [-0.2, 0) is 14.3 Å². The maximum Gasteiger partial charge on any atom is 0.340 e. The van der Waals surface area contributed by atoms with E-state index in [2.05, 4.69) is 10.6 Å². The first kappa shape index (κ1) is 19.5. The van der Waals surface area contributed by atoms with E-state index in [4.69, 9.17) is 4.74 Å². The lowest BCUT2D eigenvalue weighted by atomic mass is 10.2. The summed E-state index contributed by atoms with van der Waals surface area (Å²) < 4.78 is 5.27. The van der Waals surface area contributed by atoms with Crippen LogP contribution in [0.2, 0.25) is 0 Å². The fourth-order valence-electron chi connectivity index (χ4n) is 2.17. The first-order valence-electron chi connectivity index (χ1n) is 7.93. The van der Waals surface area contributed by atoms with Crippen LogP contribution in [0, 0.1) is 0 Å². The van der Waals surface area contributed by atoms with Crippen molar-refractivity contribution < 1.29 is 19.1 Å². The van der Waals surface area contributed by atoms with Gasteiger partial charge in [-0.2, -0.15) is 0 Å². The Hall–Kier alpha value is -2.80. The molecule has 6 nitrogen and oxygen atoms in total. The predicted molar refractivity (Wildman–Crippen MR) is 102 cm³/mol. The van der Waals surface area contributed by atoms with E-state index in [-0.39, 0.29) is 5.91 Å². The first-order chi connectivity index (χ1) is 12.4. The number of thioether (sulfide) groups is 1. The number of amides is 2. The zero-order chi connectivity index (χ0) is 19.1. The van der Waals surface area contributed by atoms with Crippen LogP contribution in [-0.4, -0.2) is 30.1 Å². The van der Waals surface area contributed by atoms with E-state index in [0.717, 1.165) is 4.90 Å². The third-order valence-corrected chi connectivity index (χ3v) is 4.25. The van der Waals surface area contributed by atoms with E-state index in [0.29, 0.717) is 16.9 Å².